The molecule has 0 amide bonds. The van der Waals surface area contributed by atoms with Gasteiger partial charge in [0.25, 0.3) is 0 Å². The predicted octanol–water partition coefficient (Wildman–Crippen LogP) is 5.60. The van der Waals surface area contributed by atoms with Crippen LogP contribution in [-0.4, -0.2) is 29.1 Å². The van der Waals surface area contributed by atoms with Crippen molar-refractivity contribution in [1.29, 1.82) is 0 Å². The topological polar surface area (TPSA) is 40.5 Å². The second-order valence-corrected chi connectivity index (χ2v) is 8.61. The minimum absolute atomic E-state index is 0.220. The fraction of sp³-hybridized carbons (Fsp3) is 0.458. The highest BCUT2D eigenvalue weighted by Gasteiger charge is 2.27. The van der Waals surface area contributed by atoms with Crippen molar-refractivity contribution in [3.63, 3.8) is 0 Å². The molecule has 0 aliphatic carbocycles. The van der Waals surface area contributed by atoms with Crippen molar-refractivity contribution in [1.82, 2.24) is 4.90 Å². The molecule has 0 saturated carbocycles. The van der Waals surface area contributed by atoms with Crippen molar-refractivity contribution in [3.05, 3.63) is 69.2 Å². The number of hydrogen-bond acceptors (Lipinski definition) is 2. The van der Waals surface area contributed by atoms with E-state index in [1.54, 1.807) is 0 Å². The summed E-state index contributed by atoms with van der Waals surface area (Å²) in [6.07, 6.45) is 2.84. The lowest BCUT2D eigenvalue weighted by atomic mass is 9.88. The number of aryl methyl sites for hydroxylation is 2. The van der Waals surface area contributed by atoms with E-state index in [-0.39, 0.29) is 5.92 Å². The molecule has 0 radical (unpaired) electrons. The maximum atomic E-state index is 11.2. The molecule has 3 nitrogen and oxygen atoms in total. The molecule has 2 atom stereocenters. The van der Waals surface area contributed by atoms with Crippen molar-refractivity contribution in [2.45, 2.75) is 52.5 Å². The number of rotatable bonds is 7. The molecule has 0 spiro atoms. The Kier molecular flexibility index (Phi) is 6.79. The van der Waals surface area contributed by atoms with Gasteiger partial charge in [-0.2, -0.15) is 0 Å². The molecule has 1 N–H and O–H groups in total. The summed E-state index contributed by atoms with van der Waals surface area (Å²) in [7, 11) is 0. The van der Waals surface area contributed by atoms with Crippen molar-refractivity contribution < 1.29 is 9.90 Å². The molecule has 4 heteroatoms. The van der Waals surface area contributed by atoms with E-state index in [0.29, 0.717) is 12.5 Å². The molecular formula is C24H30ClNO2. The van der Waals surface area contributed by atoms with Crippen LogP contribution in [0.15, 0.2) is 36.4 Å². The molecule has 1 aliphatic heterocycles. The molecule has 0 aromatic heterocycles. The van der Waals surface area contributed by atoms with Gasteiger partial charge in [0.15, 0.2) is 0 Å². The van der Waals surface area contributed by atoms with Gasteiger partial charge in [0.2, 0.25) is 0 Å². The number of halogens is 1. The van der Waals surface area contributed by atoms with Crippen LogP contribution < -0.4 is 0 Å². The van der Waals surface area contributed by atoms with Crippen molar-refractivity contribution in [2.75, 3.05) is 13.1 Å². The molecule has 150 valence electrons. The summed E-state index contributed by atoms with van der Waals surface area (Å²) in [5, 5.41) is 10.0. The van der Waals surface area contributed by atoms with Gasteiger partial charge < -0.3 is 5.11 Å². The molecule has 1 unspecified atom stereocenters. The van der Waals surface area contributed by atoms with E-state index in [2.05, 4.69) is 56.0 Å². The summed E-state index contributed by atoms with van der Waals surface area (Å²) in [6, 6.07) is 13.2. The molecule has 1 aliphatic rings. The highest BCUT2D eigenvalue weighted by molar-refractivity contribution is 6.31. The van der Waals surface area contributed by atoms with E-state index < -0.39 is 5.97 Å². The average molecular weight is 400 g/mol. The van der Waals surface area contributed by atoms with Crippen molar-refractivity contribution in [2.24, 2.45) is 5.92 Å². The van der Waals surface area contributed by atoms with Gasteiger partial charge in [-0.1, -0.05) is 54.4 Å². The lowest BCUT2D eigenvalue weighted by Crippen LogP contribution is -2.23. The van der Waals surface area contributed by atoms with Crippen LogP contribution in [0.25, 0.3) is 0 Å². The Bertz CT molecular complexity index is 848. The van der Waals surface area contributed by atoms with Gasteiger partial charge in [-0.25, -0.2) is 0 Å². The van der Waals surface area contributed by atoms with Crippen LogP contribution in [0.3, 0.4) is 0 Å². The fourth-order valence-electron chi connectivity index (χ4n) is 4.30. The first-order chi connectivity index (χ1) is 13.4. The van der Waals surface area contributed by atoms with Gasteiger partial charge in [0, 0.05) is 18.1 Å². The van der Waals surface area contributed by atoms with Crippen LogP contribution in [0, 0.1) is 19.8 Å². The Morgan fingerprint density at radius 3 is 2.61 bits per heavy atom. The van der Waals surface area contributed by atoms with E-state index in [9.17, 15) is 9.90 Å². The van der Waals surface area contributed by atoms with Crippen LogP contribution in [0.2, 0.25) is 5.02 Å². The minimum atomic E-state index is -0.670. The molecule has 3 rings (SSSR count). The second kappa shape index (κ2) is 9.11. The molecule has 0 bridgehead atoms. The summed E-state index contributed by atoms with van der Waals surface area (Å²) in [4.78, 5) is 13.5. The number of likely N-dealkylation sites (tertiary alicyclic amines) is 1. The summed E-state index contributed by atoms with van der Waals surface area (Å²) in [5.41, 5.74) is 6.37. The standard InChI is InChI=1S/C24H30ClNO2/c1-4-20(21-5-6-23(25)17(3)11-21)13-18-9-16(2)10-19(12-18)14-26-8-7-22(15-26)24(27)28/h5-6,9-12,20,22H,4,7-8,13-15H2,1-3H3,(H,27,28)/t20?,22-/m1/s1. The number of nitrogens with zero attached hydrogens (tertiary/aromatic N) is 1. The maximum Gasteiger partial charge on any atom is 0.307 e. The van der Waals surface area contributed by atoms with Gasteiger partial charge in [-0.15, -0.1) is 0 Å². The average Bonchev–Trinajstić information content (AvgIpc) is 3.10. The smallest absolute Gasteiger partial charge is 0.307 e. The predicted molar refractivity (Wildman–Crippen MR) is 115 cm³/mol. The maximum absolute atomic E-state index is 11.2. The van der Waals surface area contributed by atoms with Crippen molar-refractivity contribution in [3.8, 4) is 0 Å². The van der Waals surface area contributed by atoms with Gasteiger partial charge in [-0.3, -0.25) is 9.69 Å². The van der Waals surface area contributed by atoms with E-state index in [1.165, 1.54) is 22.3 Å². The second-order valence-electron chi connectivity index (χ2n) is 8.20. The van der Waals surface area contributed by atoms with E-state index in [0.717, 1.165) is 42.9 Å². The summed E-state index contributed by atoms with van der Waals surface area (Å²) < 4.78 is 0. The van der Waals surface area contributed by atoms with Crippen LogP contribution in [0.5, 0.6) is 0 Å². The zero-order valence-electron chi connectivity index (χ0n) is 17.0. The SMILES string of the molecule is CCC(Cc1cc(C)cc(CN2CC[C@@H](C(=O)O)C2)c1)c1ccc(Cl)c(C)c1. The molecule has 28 heavy (non-hydrogen) atoms. The van der Waals surface area contributed by atoms with Gasteiger partial charge in [-0.05, 0) is 73.9 Å². The Hall–Kier alpha value is -1.84. The number of aliphatic carboxylic acids is 1. The molecule has 1 heterocycles. The highest BCUT2D eigenvalue weighted by Crippen LogP contribution is 2.29. The number of carbonyl (C=O) groups is 1. The monoisotopic (exact) mass is 399 g/mol. The molecule has 2 aromatic rings. The first kappa shape index (κ1) is 20.9. The molecule has 2 aromatic carbocycles. The summed E-state index contributed by atoms with van der Waals surface area (Å²) >= 11 is 6.20. The van der Waals surface area contributed by atoms with E-state index in [4.69, 9.17) is 11.6 Å². The van der Waals surface area contributed by atoms with Gasteiger partial charge in [0.1, 0.15) is 0 Å². The molecule has 1 fully saturated rings. The Labute approximate surface area is 173 Å². The van der Waals surface area contributed by atoms with Crippen LogP contribution in [-0.2, 0) is 17.8 Å². The largest absolute Gasteiger partial charge is 0.481 e. The van der Waals surface area contributed by atoms with Gasteiger partial charge >= 0.3 is 5.97 Å². The molecular weight excluding hydrogens is 370 g/mol. The number of carboxylic acid groups (broad SMARTS) is 1. The lowest BCUT2D eigenvalue weighted by molar-refractivity contribution is -0.141. The Balaban J connectivity index is 1.73. The van der Waals surface area contributed by atoms with Crippen LogP contribution in [0.1, 0.15) is 53.5 Å². The minimum Gasteiger partial charge on any atom is -0.481 e. The third-order valence-electron chi connectivity index (χ3n) is 5.85. The molecule has 1 saturated heterocycles. The van der Waals surface area contributed by atoms with E-state index in [1.807, 2.05) is 6.07 Å². The Morgan fingerprint density at radius 2 is 1.96 bits per heavy atom. The number of benzene rings is 2. The third-order valence-corrected chi connectivity index (χ3v) is 6.28. The van der Waals surface area contributed by atoms with Gasteiger partial charge in [0.05, 0.1) is 5.92 Å². The summed E-state index contributed by atoms with van der Waals surface area (Å²) in [5.74, 6) is -0.424. The Morgan fingerprint density at radius 1 is 1.21 bits per heavy atom. The first-order valence-corrected chi connectivity index (χ1v) is 10.5. The lowest BCUT2D eigenvalue weighted by Gasteiger charge is -2.19. The first-order valence-electron chi connectivity index (χ1n) is 10.2. The van der Waals surface area contributed by atoms with Crippen molar-refractivity contribution >= 4 is 17.6 Å². The quantitative estimate of drug-likeness (QED) is 0.658. The van der Waals surface area contributed by atoms with Crippen LogP contribution >= 0.6 is 11.6 Å². The zero-order valence-corrected chi connectivity index (χ0v) is 17.8. The third kappa shape index (κ3) is 5.15. The summed E-state index contributed by atoms with van der Waals surface area (Å²) in [6.45, 7) is 8.78. The van der Waals surface area contributed by atoms with E-state index >= 15 is 0 Å². The van der Waals surface area contributed by atoms with Crippen LogP contribution in [0.4, 0.5) is 0 Å². The normalized spacial score (nSPS) is 18.4. The number of carboxylic acids is 1. The zero-order chi connectivity index (χ0) is 20.3. The highest BCUT2D eigenvalue weighted by atomic mass is 35.5. The number of hydrogen-bond donors (Lipinski definition) is 1. The fourth-order valence-corrected chi connectivity index (χ4v) is 4.41.